The van der Waals surface area contributed by atoms with Gasteiger partial charge in [-0.15, -0.1) is 0 Å². The molecule has 0 spiro atoms. The maximum absolute atomic E-state index is 13.0. The van der Waals surface area contributed by atoms with E-state index in [1.807, 2.05) is 0 Å². The van der Waals surface area contributed by atoms with Crippen LogP contribution in [0.25, 0.3) is 0 Å². The third kappa shape index (κ3) is 4.09. The van der Waals surface area contributed by atoms with Crippen molar-refractivity contribution < 1.29 is 22.7 Å². The average molecular weight is 281 g/mol. The summed E-state index contributed by atoms with van der Waals surface area (Å²) in [4.78, 5) is 11.7. The van der Waals surface area contributed by atoms with Crippen molar-refractivity contribution in [3.05, 3.63) is 0 Å². The number of halogens is 3. The summed E-state index contributed by atoms with van der Waals surface area (Å²) in [5.41, 5.74) is -2.34. The van der Waals surface area contributed by atoms with Gasteiger partial charge in [-0.1, -0.05) is 32.6 Å². The van der Waals surface area contributed by atoms with Crippen molar-refractivity contribution in [3.8, 4) is 0 Å². The normalized spacial score (nSPS) is 23.6. The quantitative estimate of drug-likeness (QED) is 0.576. The van der Waals surface area contributed by atoms with Crippen LogP contribution in [-0.4, -0.2) is 31.8 Å². The van der Waals surface area contributed by atoms with E-state index in [0.29, 0.717) is 6.42 Å². The van der Waals surface area contributed by atoms with Crippen LogP contribution in [0.5, 0.6) is 0 Å². The lowest BCUT2D eigenvalue weighted by Gasteiger charge is -2.28. The maximum Gasteiger partial charge on any atom is 0.406 e. The van der Waals surface area contributed by atoms with Crippen LogP contribution in [-0.2, 0) is 9.53 Å². The molecule has 1 N–H and O–H groups in total. The molecule has 19 heavy (non-hydrogen) atoms. The number of hydrogen-bond acceptors (Lipinski definition) is 3. The highest BCUT2D eigenvalue weighted by Crippen LogP contribution is 2.43. The van der Waals surface area contributed by atoms with Crippen molar-refractivity contribution in [1.82, 2.24) is 5.32 Å². The smallest absolute Gasteiger partial charge is 0.406 e. The zero-order valence-electron chi connectivity index (χ0n) is 11.3. The first-order chi connectivity index (χ1) is 8.94. The monoisotopic (exact) mass is 281 g/mol. The number of hydrogen-bond donors (Lipinski definition) is 1. The van der Waals surface area contributed by atoms with Gasteiger partial charge in [0, 0.05) is 6.54 Å². The number of esters is 1. The molecule has 0 aliphatic carbocycles. The van der Waals surface area contributed by atoms with E-state index in [1.54, 1.807) is 0 Å². The fourth-order valence-corrected chi connectivity index (χ4v) is 2.23. The molecule has 6 heteroatoms. The molecule has 0 aromatic heterocycles. The zero-order valence-corrected chi connectivity index (χ0v) is 11.3. The predicted octanol–water partition coefficient (Wildman–Crippen LogP) is 3.04. The van der Waals surface area contributed by atoms with Gasteiger partial charge in [-0.2, -0.15) is 13.2 Å². The highest BCUT2D eigenvalue weighted by Gasteiger charge is 2.62. The van der Waals surface area contributed by atoms with Crippen molar-refractivity contribution in [2.45, 2.75) is 51.6 Å². The Morgan fingerprint density at radius 1 is 1.26 bits per heavy atom. The summed E-state index contributed by atoms with van der Waals surface area (Å²) in [6.07, 6.45) is -0.0283. The molecule has 0 saturated carbocycles. The fraction of sp³-hybridized carbons (Fsp3) is 0.923. The lowest BCUT2D eigenvalue weighted by Crippen LogP contribution is -2.47. The van der Waals surface area contributed by atoms with Gasteiger partial charge in [0.25, 0.3) is 0 Å². The van der Waals surface area contributed by atoms with Crippen molar-refractivity contribution in [2.75, 3.05) is 19.7 Å². The Morgan fingerprint density at radius 2 is 1.95 bits per heavy atom. The number of unbranched alkanes of at least 4 members (excludes halogenated alkanes) is 4. The minimum Gasteiger partial charge on any atom is -0.465 e. The molecule has 1 heterocycles. The van der Waals surface area contributed by atoms with E-state index < -0.39 is 17.6 Å². The molecule has 1 atom stereocenters. The lowest BCUT2D eigenvalue weighted by molar-refractivity contribution is -0.229. The molecular weight excluding hydrogens is 259 g/mol. The Labute approximate surface area is 111 Å². The zero-order chi connectivity index (χ0) is 14.4. The van der Waals surface area contributed by atoms with Crippen molar-refractivity contribution in [2.24, 2.45) is 5.41 Å². The number of carbonyl (C=O) groups is 1. The summed E-state index contributed by atoms with van der Waals surface area (Å²) in [6, 6.07) is 0. The maximum atomic E-state index is 13.0. The summed E-state index contributed by atoms with van der Waals surface area (Å²) < 4.78 is 43.8. The third-order valence-corrected chi connectivity index (χ3v) is 3.57. The van der Waals surface area contributed by atoms with E-state index in [2.05, 4.69) is 12.2 Å². The molecule has 1 saturated heterocycles. The Hall–Kier alpha value is -0.780. The molecular formula is C13H22F3NO2. The minimum atomic E-state index is -4.55. The molecule has 0 aromatic carbocycles. The summed E-state index contributed by atoms with van der Waals surface area (Å²) in [6.45, 7) is 2.00. The minimum absolute atomic E-state index is 0.0837. The largest absolute Gasteiger partial charge is 0.465 e. The molecule has 0 aromatic rings. The van der Waals surface area contributed by atoms with Crippen LogP contribution in [0, 0.1) is 5.41 Å². The van der Waals surface area contributed by atoms with Gasteiger partial charge in [0.15, 0.2) is 5.41 Å². The van der Waals surface area contributed by atoms with Gasteiger partial charge in [0.2, 0.25) is 0 Å². The fourth-order valence-electron chi connectivity index (χ4n) is 2.23. The Kier molecular flexibility index (Phi) is 6.10. The molecule has 3 nitrogen and oxygen atoms in total. The van der Waals surface area contributed by atoms with Crippen LogP contribution in [0.1, 0.15) is 45.4 Å². The van der Waals surface area contributed by atoms with Gasteiger partial charge in [-0.25, -0.2) is 0 Å². The van der Waals surface area contributed by atoms with E-state index in [9.17, 15) is 18.0 Å². The van der Waals surface area contributed by atoms with Gasteiger partial charge in [-0.05, 0) is 19.4 Å². The van der Waals surface area contributed by atoms with Crippen LogP contribution >= 0.6 is 0 Å². The summed E-state index contributed by atoms with van der Waals surface area (Å²) in [5, 5.41) is 2.60. The van der Waals surface area contributed by atoms with E-state index in [1.165, 1.54) is 0 Å². The first-order valence-electron chi connectivity index (χ1n) is 6.89. The van der Waals surface area contributed by atoms with Crippen LogP contribution in [0.3, 0.4) is 0 Å². The Bertz CT molecular complexity index is 286. The molecule has 1 aliphatic heterocycles. The number of rotatable bonds is 7. The predicted molar refractivity (Wildman–Crippen MR) is 65.7 cm³/mol. The number of nitrogens with one attached hydrogen (secondary N) is 1. The van der Waals surface area contributed by atoms with E-state index >= 15 is 0 Å². The van der Waals surface area contributed by atoms with E-state index in [-0.39, 0.29) is 26.1 Å². The van der Waals surface area contributed by atoms with Crippen LogP contribution in [0.2, 0.25) is 0 Å². The van der Waals surface area contributed by atoms with Gasteiger partial charge in [0.05, 0.1) is 6.61 Å². The molecule has 0 amide bonds. The highest BCUT2D eigenvalue weighted by molar-refractivity contribution is 5.78. The molecule has 1 unspecified atom stereocenters. The molecule has 0 radical (unpaired) electrons. The molecule has 112 valence electrons. The second-order valence-corrected chi connectivity index (χ2v) is 5.06. The molecule has 0 bridgehead atoms. The topological polar surface area (TPSA) is 38.3 Å². The summed E-state index contributed by atoms with van der Waals surface area (Å²) in [5.74, 6) is -1.12. The second kappa shape index (κ2) is 7.12. The molecule has 1 rings (SSSR count). The first kappa shape index (κ1) is 16.3. The SMILES string of the molecule is CCCCCCCOC(=O)C1(C(F)(F)F)CCNC1. The highest BCUT2D eigenvalue weighted by atomic mass is 19.4. The van der Waals surface area contributed by atoms with Crippen molar-refractivity contribution >= 4 is 5.97 Å². The lowest BCUT2D eigenvalue weighted by atomic mass is 9.86. The molecule has 1 aliphatic rings. The van der Waals surface area contributed by atoms with Crippen molar-refractivity contribution in [3.63, 3.8) is 0 Å². The van der Waals surface area contributed by atoms with Crippen LogP contribution < -0.4 is 5.32 Å². The van der Waals surface area contributed by atoms with Gasteiger partial charge in [0.1, 0.15) is 0 Å². The van der Waals surface area contributed by atoms with Crippen molar-refractivity contribution in [1.29, 1.82) is 0 Å². The summed E-state index contributed by atoms with van der Waals surface area (Å²) in [7, 11) is 0. The Morgan fingerprint density at radius 3 is 2.47 bits per heavy atom. The average Bonchev–Trinajstić information content (AvgIpc) is 2.83. The van der Waals surface area contributed by atoms with E-state index in [0.717, 1.165) is 25.7 Å². The number of carbonyl (C=O) groups excluding carboxylic acids is 1. The summed E-state index contributed by atoms with van der Waals surface area (Å²) >= 11 is 0. The standard InChI is InChI=1S/C13H22F3NO2/c1-2-3-4-5-6-9-19-11(18)12(13(14,15)16)7-8-17-10-12/h17H,2-10H2,1H3. The number of ether oxygens (including phenoxy) is 1. The Balaban J connectivity index is 2.38. The number of alkyl halides is 3. The second-order valence-electron chi connectivity index (χ2n) is 5.06. The first-order valence-corrected chi connectivity index (χ1v) is 6.89. The van der Waals surface area contributed by atoms with Gasteiger partial charge >= 0.3 is 12.1 Å². The van der Waals surface area contributed by atoms with Crippen LogP contribution in [0.4, 0.5) is 13.2 Å². The van der Waals surface area contributed by atoms with Gasteiger partial charge in [-0.3, -0.25) is 4.79 Å². The molecule has 1 fully saturated rings. The van der Waals surface area contributed by atoms with E-state index in [4.69, 9.17) is 4.74 Å². The third-order valence-electron chi connectivity index (χ3n) is 3.57. The van der Waals surface area contributed by atoms with Gasteiger partial charge < -0.3 is 10.1 Å². The van der Waals surface area contributed by atoms with Crippen LogP contribution in [0.15, 0.2) is 0 Å².